The number of phenols is 1. The molecular weight excluding hydrogens is 537 g/mol. The van der Waals surface area contributed by atoms with Crippen LogP contribution in [0.15, 0.2) is 55.1 Å². The van der Waals surface area contributed by atoms with E-state index in [1.54, 1.807) is 14.5 Å². The van der Waals surface area contributed by atoms with E-state index >= 15 is 0 Å². The van der Waals surface area contributed by atoms with Gasteiger partial charge in [0.1, 0.15) is 17.2 Å². The Morgan fingerprint density at radius 2 is 1.83 bits per heavy atom. The Morgan fingerprint density at radius 3 is 2.46 bits per heavy atom. The molecule has 1 fully saturated rings. The van der Waals surface area contributed by atoms with Crippen molar-refractivity contribution in [2.75, 3.05) is 19.6 Å². The smallest absolute Gasteiger partial charge is 0.506 e. The molecule has 1 unspecified atom stereocenters. The van der Waals surface area contributed by atoms with E-state index in [4.69, 9.17) is 5.10 Å². The summed E-state index contributed by atoms with van der Waals surface area (Å²) in [7, 11) is 0. The minimum atomic E-state index is -4.83. The number of amides is 2. The summed E-state index contributed by atoms with van der Waals surface area (Å²) < 4.78 is 43.5. The molecule has 0 radical (unpaired) electrons. The standard InChI is InChI=1S/C30H29F3N4O4/c1-2-27(39)35-14-12-22-28-24(37(34-22)23-11-8-20(16-26(23)38)18-4-3-5-18)13-15-36(25(28)17-35)29(40)19-6-9-21(10-7-19)41-30(31,32)33/h2,6-11,16,18,25,38H,1,3-5,12-15,17H2. The van der Waals surface area contributed by atoms with Gasteiger partial charge in [-0.2, -0.15) is 5.10 Å². The normalized spacial score (nSPS) is 18.8. The molecule has 1 aliphatic carbocycles. The van der Waals surface area contributed by atoms with E-state index in [1.807, 2.05) is 18.2 Å². The molecule has 8 nitrogen and oxygen atoms in total. The number of ether oxygens (including phenoxy) is 1. The van der Waals surface area contributed by atoms with E-state index in [0.29, 0.717) is 37.5 Å². The van der Waals surface area contributed by atoms with Crippen molar-refractivity contribution in [3.8, 4) is 17.2 Å². The average molecular weight is 567 g/mol. The van der Waals surface area contributed by atoms with Crippen LogP contribution in [-0.4, -0.2) is 62.5 Å². The summed E-state index contributed by atoms with van der Waals surface area (Å²) in [4.78, 5) is 29.6. The molecule has 11 heteroatoms. The van der Waals surface area contributed by atoms with Crippen LogP contribution in [0.3, 0.4) is 0 Å². The van der Waals surface area contributed by atoms with Gasteiger partial charge in [-0.05, 0) is 66.8 Å². The van der Waals surface area contributed by atoms with E-state index in [0.717, 1.165) is 47.5 Å². The largest absolute Gasteiger partial charge is 0.573 e. The number of hydrogen-bond acceptors (Lipinski definition) is 5. The van der Waals surface area contributed by atoms with Crippen molar-refractivity contribution >= 4 is 11.8 Å². The summed E-state index contributed by atoms with van der Waals surface area (Å²) in [5.74, 6) is -0.449. The summed E-state index contributed by atoms with van der Waals surface area (Å²) in [6.07, 6.45) is 0.722. The monoisotopic (exact) mass is 566 g/mol. The number of alkyl halides is 3. The second kappa shape index (κ2) is 10.3. The zero-order valence-corrected chi connectivity index (χ0v) is 22.2. The number of carbonyl (C=O) groups excluding carboxylic acids is 2. The van der Waals surface area contributed by atoms with Crippen LogP contribution in [0.1, 0.15) is 64.1 Å². The highest BCUT2D eigenvalue weighted by Crippen LogP contribution is 2.41. The van der Waals surface area contributed by atoms with Crippen LogP contribution in [0.25, 0.3) is 5.69 Å². The first-order valence-corrected chi connectivity index (χ1v) is 13.6. The van der Waals surface area contributed by atoms with Gasteiger partial charge in [0.25, 0.3) is 5.91 Å². The zero-order chi connectivity index (χ0) is 28.9. The van der Waals surface area contributed by atoms with E-state index in [1.165, 1.54) is 24.6 Å². The van der Waals surface area contributed by atoms with Gasteiger partial charge in [-0.15, -0.1) is 13.2 Å². The van der Waals surface area contributed by atoms with Crippen molar-refractivity contribution in [1.82, 2.24) is 19.6 Å². The minimum Gasteiger partial charge on any atom is -0.506 e. The molecule has 41 heavy (non-hydrogen) atoms. The molecule has 2 aliphatic heterocycles. The number of aromatic nitrogens is 2. The predicted octanol–water partition coefficient (Wildman–Crippen LogP) is 5.05. The van der Waals surface area contributed by atoms with Gasteiger partial charge in [-0.3, -0.25) is 9.59 Å². The van der Waals surface area contributed by atoms with Crippen molar-refractivity contribution in [3.63, 3.8) is 0 Å². The Morgan fingerprint density at radius 1 is 1.07 bits per heavy atom. The highest BCUT2D eigenvalue weighted by molar-refractivity contribution is 5.95. The van der Waals surface area contributed by atoms with Gasteiger partial charge < -0.3 is 19.6 Å². The maximum atomic E-state index is 13.7. The topological polar surface area (TPSA) is 87.9 Å². The lowest BCUT2D eigenvalue weighted by molar-refractivity contribution is -0.274. The molecule has 6 rings (SSSR count). The van der Waals surface area contributed by atoms with E-state index in [9.17, 15) is 27.9 Å². The second-order valence-corrected chi connectivity index (χ2v) is 10.7. The summed E-state index contributed by atoms with van der Waals surface area (Å²) >= 11 is 0. The quantitative estimate of drug-likeness (QED) is 0.437. The predicted molar refractivity (Wildman–Crippen MR) is 143 cm³/mol. The third-order valence-electron chi connectivity index (χ3n) is 8.30. The fourth-order valence-electron chi connectivity index (χ4n) is 6.05. The Labute approximate surface area is 234 Å². The Hall–Kier alpha value is -4.28. The number of halogens is 3. The Kier molecular flexibility index (Phi) is 6.75. The number of hydrogen-bond donors (Lipinski definition) is 1. The maximum Gasteiger partial charge on any atom is 0.573 e. The SMILES string of the molecule is C=CC(=O)N1CCc2nn(-c3ccc(C4CCC4)cc3O)c3c2C(C1)N(C(=O)c1ccc(OC(F)(F)F)cc1)CC3. The van der Waals surface area contributed by atoms with Crippen LogP contribution in [-0.2, 0) is 17.6 Å². The van der Waals surface area contributed by atoms with Crippen LogP contribution in [0, 0.1) is 0 Å². The molecule has 0 spiro atoms. The fraction of sp³-hybridized carbons (Fsp3) is 0.367. The number of phenolic OH excluding ortho intramolecular Hbond substituents is 1. The maximum absolute atomic E-state index is 13.7. The molecule has 0 saturated heterocycles. The summed E-state index contributed by atoms with van der Waals surface area (Å²) in [6, 6.07) is 10.0. The molecule has 0 bridgehead atoms. The summed E-state index contributed by atoms with van der Waals surface area (Å²) in [5, 5.41) is 15.9. The van der Waals surface area contributed by atoms with Gasteiger partial charge >= 0.3 is 6.36 Å². The van der Waals surface area contributed by atoms with Crippen molar-refractivity contribution in [3.05, 3.63) is 83.2 Å². The molecule has 3 aliphatic rings. The molecule has 3 heterocycles. The molecule has 214 valence electrons. The molecule has 3 aromatic rings. The van der Waals surface area contributed by atoms with E-state index in [2.05, 4.69) is 11.3 Å². The summed E-state index contributed by atoms with van der Waals surface area (Å²) in [5.41, 5.74) is 4.31. The zero-order valence-electron chi connectivity index (χ0n) is 22.2. The third-order valence-corrected chi connectivity index (χ3v) is 8.30. The molecule has 2 aromatic carbocycles. The number of carbonyl (C=O) groups is 2. The summed E-state index contributed by atoms with van der Waals surface area (Å²) in [6.45, 7) is 4.48. The average Bonchev–Trinajstić information content (AvgIpc) is 3.16. The highest BCUT2D eigenvalue weighted by atomic mass is 19.4. The number of nitrogens with zero attached hydrogens (tertiary/aromatic N) is 4. The van der Waals surface area contributed by atoms with Gasteiger partial charge in [-0.1, -0.05) is 19.1 Å². The van der Waals surface area contributed by atoms with Crippen molar-refractivity contribution in [2.45, 2.75) is 50.4 Å². The lowest BCUT2D eigenvalue weighted by Gasteiger charge is -2.38. The first-order chi connectivity index (χ1) is 19.6. The van der Waals surface area contributed by atoms with Crippen LogP contribution >= 0.6 is 0 Å². The van der Waals surface area contributed by atoms with Gasteiger partial charge in [0.05, 0.1) is 17.4 Å². The molecule has 2 amide bonds. The molecule has 1 atom stereocenters. The van der Waals surface area contributed by atoms with Crippen molar-refractivity contribution in [1.29, 1.82) is 0 Å². The molecular formula is C30H29F3N4O4. The first kappa shape index (κ1) is 26.9. The van der Waals surface area contributed by atoms with Crippen LogP contribution in [0.2, 0.25) is 0 Å². The third kappa shape index (κ3) is 5.05. The Balaban J connectivity index is 1.36. The van der Waals surface area contributed by atoms with E-state index in [-0.39, 0.29) is 29.7 Å². The first-order valence-electron chi connectivity index (χ1n) is 13.6. The van der Waals surface area contributed by atoms with Gasteiger partial charge in [0, 0.05) is 43.6 Å². The number of aromatic hydroxyl groups is 1. The van der Waals surface area contributed by atoms with Crippen LogP contribution < -0.4 is 4.74 Å². The van der Waals surface area contributed by atoms with Crippen molar-refractivity contribution < 1.29 is 32.6 Å². The second-order valence-electron chi connectivity index (χ2n) is 10.7. The molecule has 1 saturated carbocycles. The lowest BCUT2D eigenvalue weighted by Crippen LogP contribution is -2.45. The molecule has 1 N–H and O–H groups in total. The van der Waals surface area contributed by atoms with Crippen LogP contribution in [0.4, 0.5) is 13.2 Å². The Bertz CT molecular complexity index is 1510. The number of benzene rings is 2. The number of rotatable bonds is 5. The van der Waals surface area contributed by atoms with Gasteiger partial charge in [-0.25, -0.2) is 4.68 Å². The van der Waals surface area contributed by atoms with Gasteiger partial charge in [0.15, 0.2) is 0 Å². The van der Waals surface area contributed by atoms with E-state index < -0.39 is 18.2 Å². The highest BCUT2D eigenvalue weighted by Gasteiger charge is 2.40. The lowest BCUT2D eigenvalue weighted by atomic mass is 9.80. The fourth-order valence-corrected chi connectivity index (χ4v) is 6.05. The van der Waals surface area contributed by atoms with Crippen molar-refractivity contribution in [2.24, 2.45) is 0 Å². The van der Waals surface area contributed by atoms with Crippen LogP contribution in [0.5, 0.6) is 11.5 Å². The molecule has 1 aromatic heterocycles. The minimum absolute atomic E-state index is 0.142. The van der Waals surface area contributed by atoms with Gasteiger partial charge in [0.2, 0.25) is 5.91 Å².